The maximum atomic E-state index is 13.0. The van der Waals surface area contributed by atoms with Gasteiger partial charge in [0.05, 0.1) is 14.2 Å². The number of hydrogen-bond acceptors (Lipinski definition) is 4. The van der Waals surface area contributed by atoms with Crippen LogP contribution < -0.4 is 9.47 Å². The van der Waals surface area contributed by atoms with Crippen molar-refractivity contribution >= 4 is 11.6 Å². The summed E-state index contributed by atoms with van der Waals surface area (Å²) >= 11 is 0. The molecule has 0 amide bonds. The fourth-order valence-corrected chi connectivity index (χ4v) is 4.21. The minimum atomic E-state index is -0.761. The van der Waals surface area contributed by atoms with Crippen LogP contribution in [0, 0.1) is 0 Å². The smallest absolute Gasteiger partial charge is 0.165 e. The Kier molecular flexibility index (Phi) is 4.90. The molecule has 6 nitrogen and oxygen atoms in total. The number of hydrogen-bond donors (Lipinski definition) is 2. The van der Waals surface area contributed by atoms with E-state index in [1.54, 1.807) is 14.2 Å². The fourth-order valence-electron chi connectivity index (χ4n) is 4.21. The van der Waals surface area contributed by atoms with E-state index in [0.29, 0.717) is 11.4 Å². The maximum absolute atomic E-state index is 13.0. The van der Waals surface area contributed by atoms with Gasteiger partial charge in [0.25, 0.3) is 0 Å². The van der Waals surface area contributed by atoms with E-state index >= 15 is 0 Å². The third-order valence-corrected chi connectivity index (χ3v) is 5.94. The molecule has 2 heterocycles. The minimum Gasteiger partial charge on any atom is -0.497 e. The van der Waals surface area contributed by atoms with E-state index in [1.165, 1.54) is 0 Å². The Morgan fingerprint density at radius 3 is 1.47 bits per heavy atom. The quantitative estimate of drug-likeness (QED) is 0.437. The van der Waals surface area contributed by atoms with Crippen molar-refractivity contribution in [2.24, 2.45) is 0 Å². The number of benzene rings is 2. The largest absolute Gasteiger partial charge is 0.497 e. The molecule has 0 bridgehead atoms. The van der Waals surface area contributed by atoms with Crippen LogP contribution in [-0.4, -0.2) is 35.8 Å². The lowest BCUT2D eigenvalue weighted by atomic mass is 9.69. The first-order valence-corrected chi connectivity index (χ1v) is 10.3. The van der Waals surface area contributed by atoms with Crippen LogP contribution in [0.2, 0.25) is 0 Å². The molecule has 6 heteroatoms. The van der Waals surface area contributed by atoms with E-state index in [2.05, 4.69) is 9.97 Å². The van der Waals surface area contributed by atoms with Crippen LogP contribution in [0.1, 0.15) is 23.2 Å². The van der Waals surface area contributed by atoms with Crippen molar-refractivity contribution in [3.05, 3.63) is 84.2 Å². The lowest BCUT2D eigenvalue weighted by Crippen LogP contribution is -2.44. The summed E-state index contributed by atoms with van der Waals surface area (Å²) in [7, 11) is 3.23. The number of carbonyl (C=O) groups excluding carboxylic acids is 2. The number of ether oxygens (including phenoxy) is 2. The molecule has 4 aromatic rings. The molecule has 2 N–H and O–H groups in total. The van der Waals surface area contributed by atoms with Gasteiger partial charge in [-0.2, -0.15) is 0 Å². The predicted molar refractivity (Wildman–Crippen MR) is 121 cm³/mol. The fraction of sp³-hybridized carbons (Fsp3) is 0.154. The van der Waals surface area contributed by atoms with Crippen LogP contribution >= 0.6 is 0 Å². The summed E-state index contributed by atoms with van der Waals surface area (Å²) in [6, 6.07) is 22.6. The Morgan fingerprint density at radius 1 is 0.625 bits per heavy atom. The monoisotopic (exact) mass is 426 g/mol. The highest BCUT2D eigenvalue weighted by Crippen LogP contribution is 2.41. The zero-order chi connectivity index (χ0) is 22.2. The van der Waals surface area contributed by atoms with Gasteiger partial charge in [-0.1, -0.05) is 24.3 Å². The Morgan fingerprint density at radius 2 is 1.06 bits per heavy atom. The number of rotatable bonds is 6. The molecule has 0 saturated heterocycles. The van der Waals surface area contributed by atoms with Crippen LogP contribution in [0.25, 0.3) is 22.5 Å². The summed E-state index contributed by atoms with van der Waals surface area (Å²) in [5, 5.41) is 0. The highest BCUT2D eigenvalue weighted by Gasteiger charge is 2.51. The topological polar surface area (TPSA) is 84.2 Å². The van der Waals surface area contributed by atoms with Gasteiger partial charge in [-0.3, -0.25) is 9.59 Å². The van der Waals surface area contributed by atoms with Gasteiger partial charge in [-0.05, 0) is 48.5 Å². The lowest BCUT2D eigenvalue weighted by Gasteiger charge is -2.30. The number of methoxy groups -OCH3 is 2. The van der Waals surface area contributed by atoms with Gasteiger partial charge in [0.1, 0.15) is 23.3 Å². The van der Waals surface area contributed by atoms with Gasteiger partial charge in [-0.15, -0.1) is 0 Å². The zero-order valence-corrected chi connectivity index (χ0v) is 17.7. The number of aromatic nitrogens is 2. The molecular weight excluding hydrogens is 404 g/mol. The van der Waals surface area contributed by atoms with Crippen molar-refractivity contribution in [2.75, 3.05) is 14.2 Å². The van der Waals surface area contributed by atoms with Gasteiger partial charge in [0.15, 0.2) is 11.6 Å². The molecular formula is C26H22N2O4. The van der Waals surface area contributed by atoms with Crippen molar-refractivity contribution < 1.29 is 19.1 Å². The second-order valence-corrected chi connectivity index (χ2v) is 7.79. The molecule has 2 aromatic carbocycles. The van der Waals surface area contributed by atoms with Gasteiger partial charge in [-0.25, -0.2) is 0 Å². The first kappa shape index (κ1) is 19.9. The number of aromatic amines is 2. The van der Waals surface area contributed by atoms with Gasteiger partial charge in [0, 0.05) is 33.9 Å². The predicted octanol–water partition coefficient (Wildman–Crippen LogP) is 4.71. The summed E-state index contributed by atoms with van der Waals surface area (Å²) in [6.07, 6.45) is 0. The molecule has 2 aromatic heterocycles. The second kappa shape index (κ2) is 7.89. The summed E-state index contributed by atoms with van der Waals surface area (Å²) in [5.74, 6) is -0.242. The Balaban J connectivity index is 1.36. The first-order chi connectivity index (χ1) is 15.6. The van der Waals surface area contributed by atoms with Crippen molar-refractivity contribution in [3.8, 4) is 34.0 Å². The number of ketones is 2. The van der Waals surface area contributed by atoms with Crippen LogP contribution in [0.3, 0.4) is 0 Å². The van der Waals surface area contributed by atoms with Crippen LogP contribution in [0.5, 0.6) is 11.5 Å². The summed E-state index contributed by atoms with van der Waals surface area (Å²) in [4.78, 5) is 32.4. The molecule has 32 heavy (non-hydrogen) atoms. The molecule has 0 spiro atoms. The molecule has 5 rings (SSSR count). The Hall–Kier alpha value is -4.06. The summed E-state index contributed by atoms with van der Waals surface area (Å²) < 4.78 is 10.5. The summed E-state index contributed by atoms with van der Waals surface area (Å²) in [5.41, 5.74) is 4.77. The first-order valence-electron chi connectivity index (χ1n) is 10.3. The van der Waals surface area contributed by atoms with E-state index in [4.69, 9.17) is 9.47 Å². The molecule has 1 saturated carbocycles. The average Bonchev–Trinajstić information content (AvgIpc) is 3.50. The van der Waals surface area contributed by atoms with E-state index in [-0.39, 0.29) is 11.6 Å². The highest BCUT2D eigenvalue weighted by atomic mass is 16.5. The van der Waals surface area contributed by atoms with Gasteiger partial charge in [0.2, 0.25) is 0 Å². The molecule has 1 aliphatic rings. The highest BCUT2D eigenvalue weighted by molar-refractivity contribution is 6.30. The molecule has 1 fully saturated rings. The van der Waals surface area contributed by atoms with Crippen LogP contribution in [0.15, 0.2) is 72.8 Å². The normalized spacial score (nSPS) is 17.8. The second-order valence-electron chi connectivity index (χ2n) is 7.79. The number of H-pyrrole nitrogens is 2. The van der Waals surface area contributed by atoms with Crippen molar-refractivity contribution in [1.82, 2.24) is 9.97 Å². The molecule has 0 atom stereocenters. The van der Waals surface area contributed by atoms with Crippen molar-refractivity contribution in [3.63, 3.8) is 0 Å². The van der Waals surface area contributed by atoms with E-state index in [0.717, 1.165) is 34.0 Å². The van der Waals surface area contributed by atoms with Gasteiger partial charge >= 0.3 is 0 Å². The van der Waals surface area contributed by atoms with Crippen molar-refractivity contribution in [1.29, 1.82) is 0 Å². The van der Waals surface area contributed by atoms with Crippen molar-refractivity contribution in [2.45, 2.75) is 11.8 Å². The summed E-state index contributed by atoms with van der Waals surface area (Å²) in [6.45, 7) is 0. The SMILES string of the molecule is COc1cccc(-c2ccc(C3C(=O)C(c4ccc(-c5cccc(OC)c5)[nH]4)C3=O)[nH]2)c1. The maximum Gasteiger partial charge on any atom is 0.165 e. The van der Waals surface area contributed by atoms with E-state index in [9.17, 15) is 9.59 Å². The number of carbonyl (C=O) groups is 2. The number of nitrogens with one attached hydrogen (secondary N) is 2. The van der Waals surface area contributed by atoms with Gasteiger partial charge < -0.3 is 19.4 Å². The van der Waals surface area contributed by atoms with E-state index in [1.807, 2.05) is 72.8 Å². The third kappa shape index (κ3) is 3.30. The van der Waals surface area contributed by atoms with Crippen LogP contribution in [0.4, 0.5) is 0 Å². The Labute approximate surface area is 185 Å². The Bertz CT molecular complexity index is 1200. The standard InChI is InChI=1S/C26H22N2O4/c1-31-17-7-3-5-15(13-17)19-9-11-21(27-19)23-25(29)24(26(23)30)22-12-10-20(28-22)16-6-4-8-18(14-16)32-2/h3-14,23-24,27-28H,1-2H3. The minimum absolute atomic E-state index is 0.104. The molecule has 1 aliphatic carbocycles. The van der Waals surface area contributed by atoms with Crippen LogP contribution in [-0.2, 0) is 9.59 Å². The lowest BCUT2D eigenvalue weighted by molar-refractivity contribution is -0.142. The van der Waals surface area contributed by atoms with E-state index < -0.39 is 11.8 Å². The third-order valence-electron chi connectivity index (χ3n) is 5.94. The molecule has 160 valence electrons. The average molecular weight is 426 g/mol. The molecule has 0 unspecified atom stereocenters. The number of Topliss-reactive ketones (excluding diaryl/α,β-unsaturated/α-hetero) is 2. The zero-order valence-electron chi connectivity index (χ0n) is 17.7. The molecule has 0 aliphatic heterocycles. The molecule has 0 radical (unpaired) electrons.